The van der Waals surface area contributed by atoms with E-state index in [2.05, 4.69) is 18.7 Å². The highest BCUT2D eigenvalue weighted by molar-refractivity contribution is 4.86. The maximum atomic E-state index is 9.28. The average Bonchev–Trinajstić information content (AvgIpc) is 2.53. The number of nitrogens with two attached hydrogens (primary N) is 1. The van der Waals surface area contributed by atoms with Crippen molar-refractivity contribution in [2.45, 2.75) is 76.9 Å². The van der Waals surface area contributed by atoms with Gasteiger partial charge in [0.1, 0.15) is 0 Å². The van der Waals surface area contributed by atoms with E-state index in [0.29, 0.717) is 12.1 Å². The fourth-order valence-electron chi connectivity index (χ4n) is 3.08. The molecule has 3 unspecified atom stereocenters. The summed E-state index contributed by atoms with van der Waals surface area (Å²) in [5.74, 6) is 0. The SMILES string of the molecule is CCC1CCCCCN1C(C)CC(C)(N)CO. The van der Waals surface area contributed by atoms with Crippen molar-refractivity contribution in [1.29, 1.82) is 0 Å². The van der Waals surface area contributed by atoms with Crippen LogP contribution in [-0.4, -0.2) is 40.8 Å². The summed E-state index contributed by atoms with van der Waals surface area (Å²) in [6, 6.07) is 1.18. The van der Waals surface area contributed by atoms with Gasteiger partial charge in [-0.05, 0) is 46.1 Å². The van der Waals surface area contributed by atoms with Gasteiger partial charge in [-0.15, -0.1) is 0 Å². The molecule has 1 aliphatic heterocycles. The highest BCUT2D eigenvalue weighted by atomic mass is 16.3. The van der Waals surface area contributed by atoms with Crippen molar-refractivity contribution in [3.05, 3.63) is 0 Å². The molecular formula is C14H30N2O. The van der Waals surface area contributed by atoms with E-state index in [4.69, 9.17) is 5.73 Å². The second-order valence-corrected chi connectivity index (χ2v) is 6.01. The van der Waals surface area contributed by atoms with Crippen LogP contribution >= 0.6 is 0 Å². The molecule has 3 nitrogen and oxygen atoms in total. The van der Waals surface area contributed by atoms with Crippen molar-refractivity contribution in [2.75, 3.05) is 13.2 Å². The number of hydrogen-bond donors (Lipinski definition) is 2. The minimum atomic E-state index is -0.440. The highest BCUT2D eigenvalue weighted by Crippen LogP contribution is 2.24. The van der Waals surface area contributed by atoms with Crippen LogP contribution in [0.1, 0.15) is 59.3 Å². The molecule has 0 aromatic carbocycles. The summed E-state index contributed by atoms with van der Waals surface area (Å²) in [4.78, 5) is 2.62. The van der Waals surface area contributed by atoms with Gasteiger partial charge in [0.25, 0.3) is 0 Å². The number of hydrogen-bond acceptors (Lipinski definition) is 3. The van der Waals surface area contributed by atoms with Crippen molar-refractivity contribution in [2.24, 2.45) is 5.73 Å². The van der Waals surface area contributed by atoms with E-state index in [-0.39, 0.29) is 6.61 Å². The van der Waals surface area contributed by atoms with Gasteiger partial charge in [0.2, 0.25) is 0 Å². The Morgan fingerprint density at radius 3 is 2.71 bits per heavy atom. The second kappa shape index (κ2) is 6.72. The molecule has 0 aliphatic carbocycles. The van der Waals surface area contributed by atoms with Crippen LogP contribution in [0, 0.1) is 0 Å². The molecule has 1 rings (SSSR count). The van der Waals surface area contributed by atoms with Gasteiger partial charge in [-0.25, -0.2) is 0 Å². The van der Waals surface area contributed by atoms with Crippen LogP contribution in [-0.2, 0) is 0 Å². The highest BCUT2D eigenvalue weighted by Gasteiger charge is 2.28. The zero-order chi connectivity index (χ0) is 12.9. The van der Waals surface area contributed by atoms with Gasteiger partial charge in [0, 0.05) is 17.6 Å². The quantitative estimate of drug-likeness (QED) is 0.776. The molecule has 3 atom stereocenters. The Hall–Kier alpha value is -0.120. The van der Waals surface area contributed by atoms with Crippen LogP contribution in [0.15, 0.2) is 0 Å². The lowest BCUT2D eigenvalue weighted by molar-refractivity contribution is 0.101. The molecule has 0 spiro atoms. The van der Waals surface area contributed by atoms with E-state index in [0.717, 1.165) is 6.42 Å². The number of aliphatic hydroxyl groups excluding tert-OH is 1. The lowest BCUT2D eigenvalue weighted by atomic mass is 9.93. The third kappa shape index (κ3) is 4.57. The largest absolute Gasteiger partial charge is 0.394 e. The van der Waals surface area contributed by atoms with Gasteiger partial charge < -0.3 is 10.8 Å². The summed E-state index contributed by atoms with van der Waals surface area (Å²) < 4.78 is 0. The molecule has 17 heavy (non-hydrogen) atoms. The van der Waals surface area contributed by atoms with E-state index in [1.165, 1.54) is 38.6 Å². The first-order chi connectivity index (χ1) is 8.00. The Balaban J connectivity index is 2.60. The molecule has 0 amide bonds. The van der Waals surface area contributed by atoms with Crippen molar-refractivity contribution in [3.63, 3.8) is 0 Å². The monoisotopic (exact) mass is 242 g/mol. The van der Waals surface area contributed by atoms with E-state index < -0.39 is 5.54 Å². The van der Waals surface area contributed by atoms with Crippen molar-refractivity contribution in [3.8, 4) is 0 Å². The maximum absolute atomic E-state index is 9.28. The summed E-state index contributed by atoms with van der Waals surface area (Å²) in [5.41, 5.74) is 5.63. The molecule has 1 heterocycles. The lowest BCUT2D eigenvalue weighted by Crippen LogP contribution is -2.49. The Labute approximate surface area is 106 Å². The summed E-state index contributed by atoms with van der Waals surface area (Å²) in [5, 5.41) is 9.28. The van der Waals surface area contributed by atoms with Gasteiger partial charge in [-0.3, -0.25) is 4.90 Å². The van der Waals surface area contributed by atoms with Crippen molar-refractivity contribution in [1.82, 2.24) is 4.90 Å². The number of aliphatic hydroxyl groups is 1. The third-order valence-corrected chi connectivity index (χ3v) is 4.08. The predicted octanol–water partition coefficient (Wildman–Crippen LogP) is 2.13. The summed E-state index contributed by atoms with van der Waals surface area (Å²) in [6.45, 7) is 7.75. The molecule has 0 radical (unpaired) electrons. The molecule has 3 heteroatoms. The molecule has 1 saturated heterocycles. The number of likely N-dealkylation sites (tertiary alicyclic amines) is 1. The Bertz CT molecular complexity index is 218. The molecule has 102 valence electrons. The molecule has 0 bridgehead atoms. The number of nitrogens with zero attached hydrogens (tertiary/aromatic N) is 1. The first-order valence-corrected chi connectivity index (χ1v) is 7.15. The maximum Gasteiger partial charge on any atom is 0.0609 e. The number of rotatable bonds is 5. The smallest absolute Gasteiger partial charge is 0.0609 e. The molecule has 3 N–H and O–H groups in total. The van der Waals surface area contributed by atoms with E-state index in [9.17, 15) is 5.11 Å². The lowest BCUT2D eigenvalue weighted by Gasteiger charge is -2.38. The van der Waals surface area contributed by atoms with Gasteiger partial charge >= 0.3 is 0 Å². The fourth-order valence-corrected chi connectivity index (χ4v) is 3.08. The van der Waals surface area contributed by atoms with E-state index in [1.54, 1.807) is 0 Å². The molecule has 0 saturated carbocycles. The fraction of sp³-hybridized carbons (Fsp3) is 1.00. The summed E-state index contributed by atoms with van der Waals surface area (Å²) in [7, 11) is 0. The van der Waals surface area contributed by atoms with Crippen LogP contribution < -0.4 is 5.73 Å². The summed E-state index contributed by atoms with van der Waals surface area (Å²) >= 11 is 0. The van der Waals surface area contributed by atoms with Gasteiger partial charge in [0.15, 0.2) is 0 Å². The Morgan fingerprint density at radius 2 is 2.12 bits per heavy atom. The van der Waals surface area contributed by atoms with Crippen LogP contribution in [0.25, 0.3) is 0 Å². The van der Waals surface area contributed by atoms with Crippen LogP contribution in [0.3, 0.4) is 0 Å². The Kier molecular flexibility index (Phi) is 5.90. The van der Waals surface area contributed by atoms with Gasteiger partial charge in [-0.2, -0.15) is 0 Å². The van der Waals surface area contributed by atoms with Crippen LogP contribution in [0.5, 0.6) is 0 Å². The normalized spacial score (nSPS) is 28.4. The molecule has 1 fully saturated rings. The first kappa shape index (κ1) is 14.9. The molecule has 0 aromatic heterocycles. The van der Waals surface area contributed by atoms with E-state index >= 15 is 0 Å². The minimum absolute atomic E-state index is 0.0714. The zero-order valence-corrected chi connectivity index (χ0v) is 11.8. The van der Waals surface area contributed by atoms with Crippen LogP contribution in [0.2, 0.25) is 0 Å². The molecule has 1 aliphatic rings. The standard InChI is InChI=1S/C14H30N2O/c1-4-13-8-6-5-7-9-16(13)12(2)10-14(3,15)11-17/h12-13,17H,4-11,15H2,1-3H3. The zero-order valence-electron chi connectivity index (χ0n) is 11.8. The second-order valence-electron chi connectivity index (χ2n) is 6.01. The van der Waals surface area contributed by atoms with Gasteiger partial charge in [0.05, 0.1) is 6.61 Å². The van der Waals surface area contributed by atoms with E-state index in [1.807, 2.05) is 6.92 Å². The Morgan fingerprint density at radius 1 is 1.41 bits per heavy atom. The minimum Gasteiger partial charge on any atom is -0.394 e. The average molecular weight is 242 g/mol. The van der Waals surface area contributed by atoms with Crippen LogP contribution in [0.4, 0.5) is 0 Å². The topological polar surface area (TPSA) is 49.5 Å². The third-order valence-electron chi connectivity index (χ3n) is 4.08. The molecular weight excluding hydrogens is 212 g/mol. The predicted molar refractivity (Wildman–Crippen MR) is 73.0 cm³/mol. The van der Waals surface area contributed by atoms with Gasteiger partial charge in [-0.1, -0.05) is 19.8 Å². The van der Waals surface area contributed by atoms with Crippen molar-refractivity contribution < 1.29 is 5.11 Å². The first-order valence-electron chi connectivity index (χ1n) is 7.15. The summed E-state index contributed by atoms with van der Waals surface area (Å²) in [6.07, 6.45) is 7.45. The van der Waals surface area contributed by atoms with Crippen molar-refractivity contribution >= 4 is 0 Å². The molecule has 0 aromatic rings.